The van der Waals surface area contributed by atoms with Gasteiger partial charge in [-0.3, -0.25) is 4.79 Å². The fourth-order valence-corrected chi connectivity index (χ4v) is 4.10. The molecular formula is C31H58O2. The van der Waals surface area contributed by atoms with Gasteiger partial charge in [0.1, 0.15) is 0 Å². The summed E-state index contributed by atoms with van der Waals surface area (Å²) in [6.07, 6.45) is 33.1. The number of rotatable bonds is 24. The van der Waals surface area contributed by atoms with Crippen LogP contribution in [0.15, 0.2) is 24.3 Å². The molecule has 194 valence electrons. The van der Waals surface area contributed by atoms with Crippen molar-refractivity contribution in [3.8, 4) is 0 Å². The Morgan fingerprint density at radius 2 is 1.12 bits per heavy atom. The zero-order chi connectivity index (χ0) is 24.4. The molecule has 0 rings (SSSR count). The van der Waals surface area contributed by atoms with Gasteiger partial charge in [-0.05, 0) is 50.9 Å². The fourth-order valence-electron chi connectivity index (χ4n) is 4.10. The maximum Gasteiger partial charge on any atom is 0.308 e. The van der Waals surface area contributed by atoms with Gasteiger partial charge in [0.2, 0.25) is 0 Å². The summed E-state index contributed by atoms with van der Waals surface area (Å²) in [7, 11) is 0. The third-order valence-electron chi connectivity index (χ3n) is 6.55. The topological polar surface area (TPSA) is 26.3 Å². The molecule has 0 radical (unpaired) electrons. The Labute approximate surface area is 208 Å². The summed E-state index contributed by atoms with van der Waals surface area (Å²) in [4.78, 5) is 12.3. The smallest absolute Gasteiger partial charge is 0.308 e. The number of ether oxygens (including phenoxy) is 1. The van der Waals surface area contributed by atoms with Gasteiger partial charge < -0.3 is 4.74 Å². The third kappa shape index (κ3) is 23.9. The highest BCUT2D eigenvalue weighted by Crippen LogP contribution is 2.16. The molecule has 0 aromatic heterocycles. The minimum absolute atomic E-state index is 0.00657. The van der Waals surface area contributed by atoms with E-state index in [4.69, 9.17) is 4.74 Å². The zero-order valence-corrected chi connectivity index (χ0v) is 22.9. The van der Waals surface area contributed by atoms with Crippen LogP contribution in [-0.4, -0.2) is 12.6 Å². The summed E-state index contributed by atoms with van der Waals surface area (Å²) in [5.41, 5.74) is 0. The summed E-state index contributed by atoms with van der Waals surface area (Å²) >= 11 is 0. The monoisotopic (exact) mass is 462 g/mol. The van der Waals surface area contributed by atoms with Crippen LogP contribution in [0.4, 0.5) is 0 Å². The number of carbonyl (C=O) groups excluding carboxylic acids is 1. The highest BCUT2D eigenvalue weighted by Gasteiger charge is 2.15. The second kappa shape index (κ2) is 25.6. The van der Waals surface area contributed by atoms with Gasteiger partial charge in [-0.25, -0.2) is 0 Å². The maximum absolute atomic E-state index is 12.3. The van der Waals surface area contributed by atoms with Crippen LogP contribution in [0.25, 0.3) is 0 Å². The molecule has 2 heteroatoms. The Morgan fingerprint density at radius 3 is 1.76 bits per heavy atom. The molecule has 0 aromatic carbocycles. The Bertz CT molecular complexity index is 466. The van der Waals surface area contributed by atoms with Crippen LogP contribution in [0.3, 0.4) is 0 Å². The predicted octanol–water partition coefficient (Wildman–Crippen LogP) is 10.4. The molecule has 0 bridgehead atoms. The van der Waals surface area contributed by atoms with Gasteiger partial charge in [-0.2, -0.15) is 0 Å². The van der Waals surface area contributed by atoms with Crippen molar-refractivity contribution >= 4 is 5.97 Å². The Kier molecular flexibility index (Phi) is 24.8. The second-order valence-corrected chi connectivity index (χ2v) is 10.2. The number of allylic oxidation sites excluding steroid dienone is 4. The maximum atomic E-state index is 12.3. The number of hydrogen-bond acceptors (Lipinski definition) is 2. The highest BCUT2D eigenvalue weighted by atomic mass is 16.5. The average Bonchev–Trinajstić information content (AvgIpc) is 2.82. The van der Waals surface area contributed by atoms with Gasteiger partial charge in [0.15, 0.2) is 0 Å². The second-order valence-electron chi connectivity index (χ2n) is 10.2. The number of esters is 1. The first kappa shape index (κ1) is 31.9. The zero-order valence-electron chi connectivity index (χ0n) is 22.9. The van der Waals surface area contributed by atoms with Crippen molar-refractivity contribution in [1.82, 2.24) is 0 Å². The Morgan fingerprint density at radius 1 is 0.636 bits per heavy atom. The van der Waals surface area contributed by atoms with Crippen LogP contribution in [0.2, 0.25) is 0 Å². The van der Waals surface area contributed by atoms with E-state index in [2.05, 4.69) is 45.1 Å². The molecule has 0 aliphatic carbocycles. The Hall–Kier alpha value is -1.05. The van der Waals surface area contributed by atoms with E-state index in [1.165, 1.54) is 103 Å². The van der Waals surface area contributed by atoms with Crippen LogP contribution in [-0.2, 0) is 9.53 Å². The summed E-state index contributed by atoms with van der Waals surface area (Å²) in [5.74, 6) is 0.535. The SMILES string of the molecule is CCCCC/C=C\C/C=C\CCCCCCC(C)C(=O)OCC(C)CCCCCCCCC. The van der Waals surface area contributed by atoms with E-state index in [-0.39, 0.29) is 11.9 Å². The predicted molar refractivity (Wildman–Crippen MR) is 147 cm³/mol. The number of hydrogen-bond donors (Lipinski definition) is 0. The molecule has 0 amide bonds. The van der Waals surface area contributed by atoms with Gasteiger partial charge in [0.25, 0.3) is 0 Å². The van der Waals surface area contributed by atoms with Crippen molar-refractivity contribution < 1.29 is 9.53 Å². The quantitative estimate of drug-likeness (QED) is 0.0809. The molecular weight excluding hydrogens is 404 g/mol. The van der Waals surface area contributed by atoms with E-state index in [0.29, 0.717) is 12.5 Å². The first-order valence-corrected chi connectivity index (χ1v) is 14.6. The van der Waals surface area contributed by atoms with Gasteiger partial charge in [0.05, 0.1) is 12.5 Å². The van der Waals surface area contributed by atoms with Crippen LogP contribution in [0.5, 0.6) is 0 Å². The summed E-state index contributed by atoms with van der Waals surface area (Å²) in [6.45, 7) is 9.36. The number of unbranched alkanes of at least 4 members (excludes halogenated alkanes) is 13. The van der Waals surface area contributed by atoms with E-state index in [1.807, 2.05) is 6.92 Å². The van der Waals surface area contributed by atoms with Crippen LogP contribution in [0.1, 0.15) is 150 Å². The minimum Gasteiger partial charge on any atom is -0.465 e. The lowest BCUT2D eigenvalue weighted by Crippen LogP contribution is -2.18. The van der Waals surface area contributed by atoms with Crippen molar-refractivity contribution in [3.63, 3.8) is 0 Å². The third-order valence-corrected chi connectivity index (χ3v) is 6.55. The molecule has 0 saturated heterocycles. The van der Waals surface area contributed by atoms with Gasteiger partial charge >= 0.3 is 5.97 Å². The normalized spacial score (nSPS) is 13.7. The van der Waals surface area contributed by atoms with E-state index >= 15 is 0 Å². The van der Waals surface area contributed by atoms with E-state index in [9.17, 15) is 4.79 Å². The first-order valence-electron chi connectivity index (χ1n) is 14.6. The average molecular weight is 463 g/mol. The molecule has 0 aromatic rings. The lowest BCUT2D eigenvalue weighted by atomic mass is 10.0. The van der Waals surface area contributed by atoms with Gasteiger partial charge in [-0.1, -0.05) is 129 Å². The summed E-state index contributed by atoms with van der Waals surface area (Å²) in [5, 5.41) is 0. The van der Waals surface area contributed by atoms with E-state index in [1.54, 1.807) is 0 Å². The van der Waals surface area contributed by atoms with Crippen molar-refractivity contribution in [3.05, 3.63) is 24.3 Å². The van der Waals surface area contributed by atoms with Crippen LogP contribution in [0, 0.1) is 11.8 Å². The standard InChI is InChI=1S/C31H58O2/c1-5-7-9-11-13-14-15-16-17-18-19-21-23-25-27-30(4)31(32)33-28-29(3)26-24-22-20-12-10-8-6-2/h13-14,16-17,29-30H,5-12,15,18-28H2,1-4H3/b14-13-,17-16-. The van der Waals surface area contributed by atoms with Gasteiger partial charge in [-0.15, -0.1) is 0 Å². The summed E-state index contributed by atoms with van der Waals surface area (Å²) < 4.78 is 5.59. The largest absolute Gasteiger partial charge is 0.465 e. The highest BCUT2D eigenvalue weighted by molar-refractivity contribution is 5.71. The molecule has 0 heterocycles. The Balaban J connectivity index is 3.54. The fraction of sp³-hybridized carbons (Fsp3) is 0.839. The molecule has 33 heavy (non-hydrogen) atoms. The molecule has 0 aliphatic heterocycles. The lowest BCUT2D eigenvalue weighted by Gasteiger charge is -2.15. The first-order chi connectivity index (χ1) is 16.1. The molecule has 2 unspecified atom stereocenters. The molecule has 0 fully saturated rings. The lowest BCUT2D eigenvalue weighted by molar-refractivity contribution is -0.149. The van der Waals surface area contributed by atoms with Crippen LogP contribution < -0.4 is 0 Å². The molecule has 2 nitrogen and oxygen atoms in total. The van der Waals surface area contributed by atoms with E-state index in [0.717, 1.165) is 19.3 Å². The minimum atomic E-state index is 0.00657. The van der Waals surface area contributed by atoms with Crippen LogP contribution >= 0.6 is 0 Å². The van der Waals surface area contributed by atoms with Crippen molar-refractivity contribution in [2.45, 2.75) is 150 Å². The van der Waals surface area contributed by atoms with Gasteiger partial charge in [0, 0.05) is 0 Å². The number of carbonyl (C=O) groups is 1. The molecule has 0 aliphatic rings. The van der Waals surface area contributed by atoms with Crippen molar-refractivity contribution in [2.24, 2.45) is 11.8 Å². The van der Waals surface area contributed by atoms with Crippen molar-refractivity contribution in [2.75, 3.05) is 6.61 Å². The summed E-state index contributed by atoms with van der Waals surface area (Å²) in [6, 6.07) is 0. The molecule has 0 N–H and O–H groups in total. The van der Waals surface area contributed by atoms with E-state index < -0.39 is 0 Å². The molecule has 0 spiro atoms. The molecule has 2 atom stereocenters. The molecule has 0 saturated carbocycles. The van der Waals surface area contributed by atoms with Crippen molar-refractivity contribution in [1.29, 1.82) is 0 Å².